The molecule has 1 N–H and O–H groups in total. The number of halogens is 2. The topological polar surface area (TPSA) is 29.1 Å². The van der Waals surface area contributed by atoms with Gasteiger partial charge in [-0.25, -0.2) is 0 Å². The molecule has 1 aromatic rings. The van der Waals surface area contributed by atoms with Crippen molar-refractivity contribution < 1.29 is 4.79 Å². The lowest BCUT2D eigenvalue weighted by Gasteiger charge is -2.43. The highest BCUT2D eigenvalue weighted by molar-refractivity contribution is 9.10. The third-order valence-corrected chi connectivity index (χ3v) is 6.35. The van der Waals surface area contributed by atoms with E-state index < -0.39 is 0 Å². The van der Waals surface area contributed by atoms with Crippen molar-refractivity contribution in [2.75, 3.05) is 0 Å². The number of hydrogen-bond donors (Lipinski definition) is 1. The van der Waals surface area contributed by atoms with Crippen LogP contribution in [0.2, 0.25) is 5.02 Å². The Labute approximate surface area is 139 Å². The summed E-state index contributed by atoms with van der Waals surface area (Å²) in [5, 5.41) is 3.87. The van der Waals surface area contributed by atoms with Crippen LogP contribution in [0.4, 0.5) is 0 Å². The second-order valence-electron chi connectivity index (χ2n) is 7.48. The van der Waals surface area contributed by atoms with Gasteiger partial charge in [0.05, 0.1) is 0 Å². The fourth-order valence-electron chi connectivity index (χ4n) is 4.56. The maximum Gasteiger partial charge on any atom is 0.251 e. The number of nitrogens with one attached hydrogen (secondary N) is 1. The maximum atomic E-state index is 12.6. The van der Waals surface area contributed by atoms with Crippen molar-refractivity contribution in [1.29, 1.82) is 0 Å². The molecule has 3 rings (SSSR count). The van der Waals surface area contributed by atoms with Crippen LogP contribution in [0.3, 0.4) is 0 Å². The van der Waals surface area contributed by atoms with E-state index in [1.54, 1.807) is 12.1 Å². The van der Waals surface area contributed by atoms with Gasteiger partial charge in [-0.3, -0.25) is 4.79 Å². The van der Waals surface area contributed by atoms with Gasteiger partial charge in [-0.1, -0.05) is 48.3 Å². The minimum Gasteiger partial charge on any atom is -0.348 e. The normalized spacial score (nSPS) is 33.2. The highest BCUT2D eigenvalue weighted by atomic mass is 79.9. The third-order valence-electron chi connectivity index (χ3n) is 5.67. The first-order valence-electron chi connectivity index (χ1n) is 7.49. The molecule has 2 aliphatic rings. The van der Waals surface area contributed by atoms with Crippen molar-refractivity contribution >= 4 is 33.4 Å². The van der Waals surface area contributed by atoms with Crippen LogP contribution in [-0.4, -0.2) is 11.9 Å². The summed E-state index contributed by atoms with van der Waals surface area (Å²) in [6, 6.07) is 5.57. The van der Waals surface area contributed by atoms with E-state index in [4.69, 9.17) is 11.6 Å². The van der Waals surface area contributed by atoms with Crippen molar-refractivity contribution in [2.45, 2.75) is 46.1 Å². The van der Waals surface area contributed by atoms with Gasteiger partial charge >= 0.3 is 0 Å². The van der Waals surface area contributed by atoms with Gasteiger partial charge in [0, 0.05) is 21.1 Å². The van der Waals surface area contributed by atoms with Crippen LogP contribution in [0.25, 0.3) is 0 Å². The molecule has 114 valence electrons. The van der Waals surface area contributed by atoms with Gasteiger partial charge in [-0.05, 0) is 54.2 Å². The average molecular weight is 371 g/mol. The molecular formula is C17H21BrClNO. The van der Waals surface area contributed by atoms with E-state index in [9.17, 15) is 4.79 Å². The summed E-state index contributed by atoms with van der Waals surface area (Å²) in [4.78, 5) is 12.6. The lowest BCUT2D eigenvalue weighted by atomic mass is 9.68. The molecule has 2 aliphatic carbocycles. The molecule has 21 heavy (non-hydrogen) atoms. The molecule has 0 saturated heterocycles. The predicted molar refractivity (Wildman–Crippen MR) is 89.6 cm³/mol. The first-order chi connectivity index (χ1) is 9.72. The quantitative estimate of drug-likeness (QED) is 0.775. The Morgan fingerprint density at radius 3 is 2.62 bits per heavy atom. The number of amides is 1. The van der Waals surface area contributed by atoms with Crippen LogP contribution in [0.15, 0.2) is 22.7 Å². The molecule has 1 aromatic carbocycles. The van der Waals surface area contributed by atoms with Crippen molar-refractivity contribution in [3.63, 3.8) is 0 Å². The number of benzene rings is 1. The summed E-state index contributed by atoms with van der Waals surface area (Å²) in [5.41, 5.74) is 1.02. The summed E-state index contributed by atoms with van der Waals surface area (Å²) in [6.45, 7) is 6.91. The van der Waals surface area contributed by atoms with Gasteiger partial charge in [-0.2, -0.15) is 0 Å². The Morgan fingerprint density at radius 1 is 1.33 bits per heavy atom. The lowest BCUT2D eigenvalue weighted by molar-refractivity contribution is 0.0737. The van der Waals surface area contributed by atoms with Crippen molar-refractivity contribution in [1.82, 2.24) is 5.32 Å². The fourth-order valence-corrected chi connectivity index (χ4v) is 5.42. The standard InChI is InChI=1S/C17H21BrClNO/c1-16(2)11-4-5-17(3,9-11)15(16)20-14(21)10-6-12(18)8-13(19)7-10/h6-8,11,15H,4-5,9H2,1-3H3,(H,20,21). The summed E-state index contributed by atoms with van der Waals surface area (Å²) in [7, 11) is 0. The molecule has 0 heterocycles. The average Bonchev–Trinajstić information content (AvgIpc) is 2.84. The molecular weight excluding hydrogens is 350 g/mol. The Balaban J connectivity index is 1.84. The summed E-state index contributed by atoms with van der Waals surface area (Å²) in [6.07, 6.45) is 3.73. The molecule has 1 amide bonds. The van der Waals surface area contributed by atoms with E-state index in [1.807, 2.05) is 6.07 Å². The van der Waals surface area contributed by atoms with Crippen LogP contribution in [-0.2, 0) is 0 Å². The Kier molecular flexibility index (Phi) is 3.65. The van der Waals surface area contributed by atoms with Gasteiger partial charge in [0.25, 0.3) is 5.91 Å². The van der Waals surface area contributed by atoms with Gasteiger partial charge in [0.15, 0.2) is 0 Å². The second-order valence-corrected chi connectivity index (χ2v) is 8.83. The molecule has 0 spiro atoms. The molecule has 2 bridgehead atoms. The van der Waals surface area contributed by atoms with Crippen LogP contribution in [0, 0.1) is 16.7 Å². The zero-order valence-corrected chi connectivity index (χ0v) is 15.0. The van der Waals surface area contributed by atoms with E-state index >= 15 is 0 Å². The molecule has 0 radical (unpaired) electrons. The molecule has 3 atom stereocenters. The van der Waals surface area contributed by atoms with Crippen LogP contribution in [0.5, 0.6) is 0 Å². The summed E-state index contributed by atoms with van der Waals surface area (Å²) in [5.74, 6) is 0.698. The SMILES string of the molecule is CC12CCC(C1)C(C)(C)C2NC(=O)c1cc(Cl)cc(Br)c1. The molecule has 0 aliphatic heterocycles. The molecule has 3 unspecified atom stereocenters. The fraction of sp³-hybridized carbons (Fsp3) is 0.588. The van der Waals surface area contributed by atoms with E-state index in [-0.39, 0.29) is 22.8 Å². The third kappa shape index (κ3) is 2.53. The number of fused-ring (bicyclic) bond motifs is 2. The largest absolute Gasteiger partial charge is 0.348 e. The van der Waals surface area contributed by atoms with Crippen LogP contribution in [0.1, 0.15) is 50.4 Å². The van der Waals surface area contributed by atoms with E-state index in [0.29, 0.717) is 10.6 Å². The zero-order chi connectivity index (χ0) is 15.4. The first kappa shape index (κ1) is 15.4. The van der Waals surface area contributed by atoms with E-state index in [0.717, 1.165) is 10.4 Å². The van der Waals surface area contributed by atoms with Gasteiger partial charge in [-0.15, -0.1) is 0 Å². The van der Waals surface area contributed by atoms with Crippen molar-refractivity contribution in [3.8, 4) is 0 Å². The highest BCUT2D eigenvalue weighted by Gasteiger charge is 2.59. The van der Waals surface area contributed by atoms with E-state index in [1.165, 1.54) is 19.3 Å². The number of carbonyl (C=O) groups excluding carboxylic acids is 1. The first-order valence-corrected chi connectivity index (χ1v) is 8.66. The molecule has 4 heteroatoms. The second kappa shape index (κ2) is 4.99. The Bertz CT molecular complexity index is 575. The van der Waals surface area contributed by atoms with Crippen LogP contribution < -0.4 is 5.32 Å². The monoisotopic (exact) mass is 369 g/mol. The summed E-state index contributed by atoms with van der Waals surface area (Å²) < 4.78 is 0.832. The minimum absolute atomic E-state index is 0.0231. The van der Waals surface area contributed by atoms with Gasteiger partial charge < -0.3 is 5.32 Å². The highest BCUT2D eigenvalue weighted by Crippen LogP contribution is 2.62. The summed E-state index contributed by atoms with van der Waals surface area (Å²) >= 11 is 9.44. The van der Waals surface area contributed by atoms with Gasteiger partial charge in [0.2, 0.25) is 0 Å². The van der Waals surface area contributed by atoms with Crippen molar-refractivity contribution in [2.24, 2.45) is 16.7 Å². The van der Waals surface area contributed by atoms with Gasteiger partial charge in [0.1, 0.15) is 0 Å². The number of carbonyl (C=O) groups is 1. The molecule has 2 nitrogen and oxygen atoms in total. The maximum absolute atomic E-state index is 12.6. The molecule has 2 saturated carbocycles. The lowest BCUT2D eigenvalue weighted by Crippen LogP contribution is -2.52. The Hall–Kier alpha value is -0.540. The predicted octanol–water partition coefficient (Wildman–Crippen LogP) is 5.05. The molecule has 2 fully saturated rings. The minimum atomic E-state index is -0.0231. The smallest absolute Gasteiger partial charge is 0.251 e. The zero-order valence-electron chi connectivity index (χ0n) is 12.7. The Morgan fingerprint density at radius 2 is 2.05 bits per heavy atom. The van der Waals surface area contributed by atoms with Crippen molar-refractivity contribution in [3.05, 3.63) is 33.3 Å². The number of hydrogen-bond acceptors (Lipinski definition) is 1. The van der Waals surface area contributed by atoms with Crippen LogP contribution >= 0.6 is 27.5 Å². The number of rotatable bonds is 2. The van der Waals surface area contributed by atoms with E-state index in [2.05, 4.69) is 42.0 Å². The molecule has 0 aromatic heterocycles.